The SMILES string of the molecule is CC(C)CC(C#N)CC(=O)O.[H-].[K+]. The fourth-order valence-corrected chi connectivity index (χ4v) is 0.962. The van der Waals surface area contributed by atoms with Crippen LogP contribution in [-0.2, 0) is 4.79 Å². The van der Waals surface area contributed by atoms with Crippen molar-refractivity contribution in [1.82, 2.24) is 0 Å². The molecule has 0 fully saturated rings. The molecule has 0 aliphatic carbocycles. The van der Waals surface area contributed by atoms with Gasteiger partial charge in [-0.3, -0.25) is 4.79 Å². The molecule has 0 rings (SSSR count). The van der Waals surface area contributed by atoms with Gasteiger partial charge >= 0.3 is 57.4 Å². The fraction of sp³-hybridized carbons (Fsp3) is 0.750. The van der Waals surface area contributed by atoms with Crippen LogP contribution >= 0.6 is 0 Å². The number of carboxylic acids is 1. The molecule has 3 nitrogen and oxygen atoms in total. The van der Waals surface area contributed by atoms with Crippen molar-refractivity contribution in [1.29, 1.82) is 5.26 Å². The molecule has 0 saturated heterocycles. The van der Waals surface area contributed by atoms with Gasteiger partial charge in [-0.25, -0.2) is 0 Å². The first kappa shape index (κ1) is 15.1. The van der Waals surface area contributed by atoms with Crippen molar-refractivity contribution in [2.75, 3.05) is 0 Å². The minimum absolute atomic E-state index is 0. The van der Waals surface area contributed by atoms with Crippen LogP contribution in [0.15, 0.2) is 0 Å². The number of carboxylic acid groups (broad SMARTS) is 1. The predicted octanol–water partition coefficient (Wildman–Crippen LogP) is -1.24. The summed E-state index contributed by atoms with van der Waals surface area (Å²) >= 11 is 0. The number of hydrogen-bond donors (Lipinski definition) is 1. The zero-order valence-corrected chi connectivity index (χ0v) is 11.0. The molecule has 0 bridgehead atoms. The molecular weight excluding hydrogens is 181 g/mol. The summed E-state index contributed by atoms with van der Waals surface area (Å²) in [6, 6.07) is 1.98. The van der Waals surface area contributed by atoms with Crippen molar-refractivity contribution in [3.63, 3.8) is 0 Å². The summed E-state index contributed by atoms with van der Waals surface area (Å²) in [5, 5.41) is 16.9. The van der Waals surface area contributed by atoms with E-state index in [9.17, 15) is 4.79 Å². The molecule has 4 heteroatoms. The average molecular weight is 195 g/mol. The Hall–Kier alpha value is 0.596. The van der Waals surface area contributed by atoms with Gasteiger partial charge in [0.1, 0.15) is 0 Å². The van der Waals surface area contributed by atoms with Crippen molar-refractivity contribution in [2.45, 2.75) is 26.7 Å². The molecule has 0 saturated carbocycles. The van der Waals surface area contributed by atoms with Gasteiger partial charge in [0.05, 0.1) is 18.4 Å². The average Bonchev–Trinajstić information content (AvgIpc) is 1.84. The van der Waals surface area contributed by atoms with Gasteiger partial charge in [0, 0.05) is 0 Å². The number of carbonyl (C=O) groups is 1. The van der Waals surface area contributed by atoms with E-state index in [2.05, 4.69) is 0 Å². The first-order valence-corrected chi connectivity index (χ1v) is 3.67. The third kappa shape index (κ3) is 8.69. The van der Waals surface area contributed by atoms with E-state index >= 15 is 0 Å². The van der Waals surface area contributed by atoms with Crippen molar-refractivity contribution in [3.8, 4) is 6.07 Å². The molecule has 0 aliphatic heterocycles. The van der Waals surface area contributed by atoms with E-state index in [0.717, 1.165) is 0 Å². The summed E-state index contributed by atoms with van der Waals surface area (Å²) in [7, 11) is 0. The van der Waals surface area contributed by atoms with Gasteiger partial charge in [-0.1, -0.05) is 13.8 Å². The summed E-state index contributed by atoms with van der Waals surface area (Å²) in [6.07, 6.45) is 0.636. The molecule has 1 N–H and O–H groups in total. The van der Waals surface area contributed by atoms with Gasteiger partial charge in [0.2, 0.25) is 0 Å². The topological polar surface area (TPSA) is 61.1 Å². The van der Waals surface area contributed by atoms with Crippen LogP contribution in [0.3, 0.4) is 0 Å². The zero-order valence-electron chi connectivity index (χ0n) is 8.87. The van der Waals surface area contributed by atoms with Gasteiger partial charge in [0.15, 0.2) is 0 Å². The van der Waals surface area contributed by atoms with Crippen LogP contribution in [0.5, 0.6) is 0 Å². The van der Waals surface area contributed by atoms with E-state index in [-0.39, 0.29) is 65.1 Å². The maximum Gasteiger partial charge on any atom is 1.00 e. The number of nitrogens with zero attached hydrogens (tertiary/aromatic N) is 1. The number of hydrogen-bond acceptors (Lipinski definition) is 2. The quantitative estimate of drug-likeness (QED) is 0.571. The molecule has 0 aromatic heterocycles. The van der Waals surface area contributed by atoms with Crippen LogP contribution in [0.25, 0.3) is 0 Å². The molecule has 0 amide bonds. The van der Waals surface area contributed by atoms with E-state index in [1.54, 1.807) is 0 Å². The van der Waals surface area contributed by atoms with Gasteiger partial charge in [0.25, 0.3) is 0 Å². The molecule has 0 aliphatic rings. The predicted molar refractivity (Wildman–Crippen MR) is 41.9 cm³/mol. The van der Waals surface area contributed by atoms with E-state index in [1.807, 2.05) is 19.9 Å². The minimum atomic E-state index is -0.891. The second-order valence-corrected chi connectivity index (χ2v) is 3.05. The molecule has 64 valence electrons. The van der Waals surface area contributed by atoms with Crippen molar-refractivity contribution >= 4 is 5.97 Å². The molecule has 0 spiro atoms. The summed E-state index contributed by atoms with van der Waals surface area (Å²) in [4.78, 5) is 10.2. The zero-order chi connectivity index (χ0) is 8.85. The van der Waals surface area contributed by atoms with Gasteiger partial charge < -0.3 is 6.53 Å². The summed E-state index contributed by atoms with van der Waals surface area (Å²) < 4.78 is 0. The molecule has 0 radical (unpaired) electrons. The Morgan fingerprint density at radius 2 is 2.17 bits per heavy atom. The van der Waals surface area contributed by atoms with Gasteiger partial charge in [-0.15, -0.1) is 0 Å². The van der Waals surface area contributed by atoms with Crippen LogP contribution in [0.1, 0.15) is 28.1 Å². The Kier molecular flexibility index (Phi) is 10.3. The summed E-state index contributed by atoms with van der Waals surface area (Å²) in [6.45, 7) is 3.96. The van der Waals surface area contributed by atoms with Gasteiger partial charge in [-0.2, -0.15) is 5.26 Å². The van der Waals surface area contributed by atoms with Crippen LogP contribution in [0.4, 0.5) is 0 Å². The number of nitriles is 1. The molecule has 0 aromatic carbocycles. The smallest absolute Gasteiger partial charge is 1.00 e. The Bertz CT molecular complexity index is 179. The van der Waals surface area contributed by atoms with Crippen molar-refractivity contribution in [3.05, 3.63) is 0 Å². The normalized spacial score (nSPS) is 11.5. The number of rotatable bonds is 4. The Morgan fingerprint density at radius 3 is 2.42 bits per heavy atom. The molecule has 1 atom stereocenters. The van der Waals surface area contributed by atoms with Crippen molar-refractivity contribution < 1.29 is 62.7 Å². The van der Waals surface area contributed by atoms with Crippen LogP contribution < -0.4 is 51.4 Å². The third-order valence-electron chi connectivity index (χ3n) is 1.36. The first-order chi connectivity index (χ1) is 5.06. The summed E-state index contributed by atoms with van der Waals surface area (Å²) in [5.74, 6) is -0.830. The molecule has 0 aromatic rings. The maximum atomic E-state index is 10.2. The molecule has 0 heterocycles. The Labute approximate surface area is 117 Å². The van der Waals surface area contributed by atoms with E-state index in [0.29, 0.717) is 12.3 Å². The van der Waals surface area contributed by atoms with Crippen LogP contribution in [-0.4, -0.2) is 11.1 Å². The second kappa shape index (κ2) is 8.21. The first-order valence-electron chi connectivity index (χ1n) is 3.67. The third-order valence-corrected chi connectivity index (χ3v) is 1.36. The largest absolute Gasteiger partial charge is 1.00 e. The Balaban J connectivity index is -0.000000500. The van der Waals surface area contributed by atoms with Crippen LogP contribution in [0.2, 0.25) is 0 Å². The molecule has 1 unspecified atom stereocenters. The van der Waals surface area contributed by atoms with E-state index in [4.69, 9.17) is 10.4 Å². The monoisotopic (exact) mass is 195 g/mol. The molecular formula is C8H14KNO2. The van der Waals surface area contributed by atoms with E-state index in [1.165, 1.54) is 0 Å². The maximum absolute atomic E-state index is 10.2. The van der Waals surface area contributed by atoms with Crippen LogP contribution in [0, 0.1) is 23.2 Å². The molecule has 12 heavy (non-hydrogen) atoms. The standard InChI is InChI=1S/C8H13NO2.K.H/c1-6(2)3-7(5-9)4-8(10)11;;/h6-7H,3-4H2,1-2H3,(H,10,11);;/q;+1;-1. The number of aliphatic carboxylic acids is 1. The fourth-order valence-electron chi connectivity index (χ4n) is 0.962. The van der Waals surface area contributed by atoms with Crippen molar-refractivity contribution in [2.24, 2.45) is 11.8 Å². The Morgan fingerprint density at radius 1 is 1.67 bits per heavy atom. The second-order valence-electron chi connectivity index (χ2n) is 3.05. The summed E-state index contributed by atoms with van der Waals surface area (Å²) in [5.41, 5.74) is 0. The van der Waals surface area contributed by atoms with E-state index < -0.39 is 5.97 Å². The minimum Gasteiger partial charge on any atom is -1.00 e. The van der Waals surface area contributed by atoms with Gasteiger partial charge in [-0.05, 0) is 12.3 Å².